The van der Waals surface area contributed by atoms with Gasteiger partial charge in [-0.3, -0.25) is 0 Å². The number of pyridine rings is 2. The molecule has 2 aromatic heterocycles. The molecule has 2 aromatic rings. The Labute approximate surface area is 124 Å². The van der Waals surface area contributed by atoms with Gasteiger partial charge in [0.2, 0.25) is 0 Å². The molecule has 114 valence electrons. The van der Waals surface area contributed by atoms with Crippen LogP contribution in [0.3, 0.4) is 0 Å². The Morgan fingerprint density at radius 2 is 1.09 bits per heavy atom. The van der Waals surface area contributed by atoms with Crippen LogP contribution < -0.4 is 0 Å². The molecule has 12 rings (SSSR count). The van der Waals surface area contributed by atoms with Gasteiger partial charge >= 0.3 is 124 Å². The first-order chi connectivity index (χ1) is 11.1. The fourth-order valence-electron chi connectivity index (χ4n) is 19.1. The van der Waals surface area contributed by atoms with Gasteiger partial charge in [-0.2, -0.15) is 0 Å². The summed E-state index contributed by atoms with van der Waals surface area (Å²) in [4.78, 5) is 20.0. The molecule has 0 saturated carbocycles. The predicted molar refractivity (Wildman–Crippen MR) is 81.8 cm³/mol. The molecule has 23 heavy (non-hydrogen) atoms. The van der Waals surface area contributed by atoms with E-state index in [1.807, 2.05) is 0 Å². The van der Waals surface area contributed by atoms with E-state index in [0.29, 0.717) is 8.63 Å². The Balaban J connectivity index is 1.42. The molecule has 10 aliphatic heterocycles. The van der Waals surface area contributed by atoms with Gasteiger partial charge in [0.1, 0.15) is 0 Å². The van der Waals surface area contributed by atoms with Crippen molar-refractivity contribution < 1.29 is 6.51 Å². The van der Waals surface area contributed by atoms with E-state index in [1.54, 1.807) is 11.4 Å². The van der Waals surface area contributed by atoms with Crippen LogP contribution in [0.1, 0.15) is 11.4 Å². The van der Waals surface area contributed by atoms with E-state index in [0.717, 1.165) is 0 Å². The van der Waals surface area contributed by atoms with Gasteiger partial charge in [0.05, 0.1) is 0 Å². The van der Waals surface area contributed by atoms with Gasteiger partial charge < -0.3 is 0 Å². The van der Waals surface area contributed by atoms with Crippen LogP contribution in [0.4, 0.5) is 0 Å². The zero-order chi connectivity index (χ0) is 14.2. The number of hydrogen-bond donors (Lipinski definition) is 0. The van der Waals surface area contributed by atoms with E-state index < -0.39 is 6.51 Å². The fourth-order valence-corrected chi connectivity index (χ4v) is 94.9. The second-order valence-corrected chi connectivity index (χ2v) is 35.4. The summed E-state index contributed by atoms with van der Waals surface area (Å²) in [7, 11) is 0. The van der Waals surface area contributed by atoms with Crippen LogP contribution in [0, 0.1) is 0 Å². The topological polar surface area (TPSA) is 25.8 Å². The Morgan fingerprint density at radius 3 is 1.39 bits per heavy atom. The van der Waals surface area contributed by atoms with Crippen molar-refractivity contribution >= 4 is 0 Å². The number of nitrogens with zero attached hydrogens (tertiary/aromatic N) is 2. The van der Waals surface area contributed by atoms with Crippen LogP contribution in [0.15, 0.2) is 48.8 Å². The third-order valence-electron chi connectivity index (χ3n) is 16.9. The molecule has 10 fully saturated rings. The van der Waals surface area contributed by atoms with Crippen LogP contribution in [-0.2, 0) is 15.1 Å². The van der Waals surface area contributed by atoms with Gasteiger partial charge in [-0.05, 0) is 0 Å². The summed E-state index contributed by atoms with van der Waals surface area (Å²) in [6.07, 6.45) is 4.16. The molecule has 1 spiro atoms. The van der Waals surface area contributed by atoms with Gasteiger partial charge in [-0.15, -0.1) is 0 Å². The molecule has 12 heterocycles. The van der Waals surface area contributed by atoms with Crippen molar-refractivity contribution in [2.24, 2.45) is 0 Å². The van der Waals surface area contributed by atoms with Crippen molar-refractivity contribution in [3.8, 4) is 0 Å². The molecule has 10 aliphatic rings. The van der Waals surface area contributed by atoms with Gasteiger partial charge in [0.25, 0.3) is 0 Å². The molecule has 0 radical (unpaired) electrons. The van der Waals surface area contributed by atoms with Gasteiger partial charge in [0.15, 0.2) is 0 Å². The molecule has 3 heteroatoms. The summed E-state index contributed by atoms with van der Waals surface area (Å²) in [6, 6.07) is 13.6. The third kappa shape index (κ3) is 0.115. The Kier molecular flexibility index (Phi) is 0.340. The summed E-state index contributed by atoms with van der Waals surface area (Å²) in [6.45, 7) is -3.46. The van der Waals surface area contributed by atoms with Crippen molar-refractivity contribution in [3.63, 3.8) is 0 Å². The van der Waals surface area contributed by atoms with Crippen molar-refractivity contribution in [2.75, 3.05) is 0 Å². The number of hydrogen-bond acceptors (Lipinski definition) is 2. The molecule has 0 aliphatic carbocycles. The monoisotopic (exact) mass is 340 g/mol. The molecule has 8 unspecified atom stereocenters. The van der Waals surface area contributed by atoms with Crippen LogP contribution in [-0.4, -0.2) is 9.97 Å². The van der Waals surface area contributed by atoms with Crippen molar-refractivity contribution in [2.45, 2.75) is 47.2 Å². The molecule has 2 nitrogen and oxygen atoms in total. The Hall–Kier alpha value is -1.18. The van der Waals surface area contributed by atoms with Gasteiger partial charge in [-0.1, -0.05) is 0 Å². The van der Waals surface area contributed by atoms with Crippen LogP contribution >= 0.6 is 0 Å². The molecule has 8 atom stereocenters. The first kappa shape index (κ1) is 8.78. The minimum atomic E-state index is -3.46. The Morgan fingerprint density at radius 1 is 0.652 bits per heavy atom. The van der Waals surface area contributed by atoms with E-state index in [1.165, 1.54) is 38.5 Å². The average Bonchev–Trinajstić information content (AvgIpc) is 3.56. The van der Waals surface area contributed by atoms with Crippen LogP contribution in [0.25, 0.3) is 0 Å². The second-order valence-electron chi connectivity index (χ2n) is 12.2. The zero-order valence-corrected chi connectivity index (χ0v) is 13.6. The summed E-state index contributed by atoms with van der Waals surface area (Å²) in [5.41, 5.74) is 3.14. The maximum absolute atomic E-state index is 5.01. The molecule has 0 amide bonds. The van der Waals surface area contributed by atoms with Crippen molar-refractivity contribution in [1.29, 1.82) is 0 Å². The SMILES string of the molecule is c1ccc([C]23[CH]4[CH]5[CH]6[CH]2[Fe]56432789[CH]3[CH]2[CH]7[C]8(c2ccccn2)[CH]39)nc1. The van der Waals surface area contributed by atoms with E-state index >= 15 is 0 Å². The fraction of sp³-hybridized carbons (Fsp3) is 0.500. The van der Waals surface area contributed by atoms with E-state index in [-0.39, 0.29) is 0 Å². The predicted octanol–water partition coefficient (Wildman–Crippen LogP) is 4.38. The number of rotatable bonds is 2. The molecule has 0 bridgehead atoms. The standard InChI is InChI=1S/2C10H8N.Fe/c2*1-2-6-9(5-1)10-7-3-4-8-11-10;/h2*1-8H;. The van der Waals surface area contributed by atoms with Gasteiger partial charge in [-0.25, -0.2) is 0 Å². The maximum atomic E-state index is 5.01. The first-order valence-corrected chi connectivity index (χ1v) is 15.4. The summed E-state index contributed by atoms with van der Waals surface area (Å²) in [5, 5.41) is 0. The van der Waals surface area contributed by atoms with Crippen molar-refractivity contribution in [3.05, 3.63) is 60.2 Å². The zero-order valence-electron chi connectivity index (χ0n) is 12.5. The molecule has 10 saturated heterocycles. The normalized spacial score (nSPS) is 94.1. The molecular weight excluding hydrogens is 324 g/mol. The average molecular weight is 340 g/mol. The first-order valence-electron chi connectivity index (χ1n) is 9.18. The van der Waals surface area contributed by atoms with Crippen molar-refractivity contribution in [1.82, 2.24) is 9.97 Å². The molecule has 0 N–H and O–H groups in total. The van der Waals surface area contributed by atoms with E-state index in [2.05, 4.69) is 48.8 Å². The summed E-state index contributed by atoms with van der Waals surface area (Å²) in [5.74, 6) is 0. The third-order valence-corrected chi connectivity index (χ3v) is 59.6. The van der Waals surface area contributed by atoms with E-state index in [4.69, 9.17) is 9.97 Å². The molecule has 0 aromatic carbocycles. The summed E-state index contributed by atoms with van der Waals surface area (Å²) >= 11 is 0. The Bertz CT molecular complexity index is 1340. The minimum absolute atomic E-state index is 0.702. The number of fused-ring (bicyclic) bond motifs is 10. The van der Waals surface area contributed by atoms with Gasteiger partial charge in [0, 0.05) is 0 Å². The molecular formula is C20H16FeN2. The van der Waals surface area contributed by atoms with Crippen LogP contribution in [0.5, 0.6) is 0 Å². The van der Waals surface area contributed by atoms with E-state index in [9.17, 15) is 0 Å². The quantitative estimate of drug-likeness (QED) is 0.759. The number of aromatic nitrogens is 2. The summed E-state index contributed by atoms with van der Waals surface area (Å²) < 4.78 is 1.40. The van der Waals surface area contributed by atoms with Crippen LogP contribution in [0.2, 0.25) is 38.5 Å². The second kappa shape index (κ2) is 0.891.